The zero-order valence-corrected chi connectivity index (χ0v) is 13.7. The molecule has 116 valence electrons. The first-order valence-electron chi connectivity index (χ1n) is 6.79. The van der Waals surface area contributed by atoms with Crippen molar-refractivity contribution in [2.24, 2.45) is 5.84 Å². The van der Waals surface area contributed by atoms with Crippen molar-refractivity contribution in [3.63, 3.8) is 0 Å². The minimum Gasteiger partial charge on any atom is -0.375 e. The van der Waals surface area contributed by atoms with Crippen LogP contribution >= 0.6 is 15.9 Å². The molecule has 0 bridgehead atoms. The average Bonchev–Trinajstić information content (AvgIpc) is 2.95. The van der Waals surface area contributed by atoms with Gasteiger partial charge in [0.1, 0.15) is 4.90 Å². The van der Waals surface area contributed by atoms with Gasteiger partial charge in [0.15, 0.2) is 5.82 Å². The van der Waals surface area contributed by atoms with Crippen LogP contribution in [0.2, 0.25) is 0 Å². The summed E-state index contributed by atoms with van der Waals surface area (Å²) < 4.78 is 33.8. The fourth-order valence-corrected chi connectivity index (χ4v) is 5.32. The first kappa shape index (κ1) is 15.2. The Morgan fingerprint density at radius 2 is 2.29 bits per heavy atom. The number of anilines is 1. The van der Waals surface area contributed by atoms with E-state index in [1.807, 2.05) is 0 Å². The third-order valence-corrected chi connectivity index (χ3v) is 6.35. The van der Waals surface area contributed by atoms with Gasteiger partial charge in [-0.05, 0) is 41.3 Å². The van der Waals surface area contributed by atoms with Gasteiger partial charge in [-0.1, -0.05) is 0 Å². The highest BCUT2D eigenvalue weighted by Crippen LogP contribution is 2.35. The lowest BCUT2D eigenvalue weighted by Crippen LogP contribution is -2.51. The zero-order chi connectivity index (χ0) is 15.0. The van der Waals surface area contributed by atoms with Gasteiger partial charge in [0.05, 0.1) is 18.8 Å². The normalized spacial score (nSPS) is 26.6. The number of hydrogen-bond acceptors (Lipinski definition) is 6. The van der Waals surface area contributed by atoms with Gasteiger partial charge in [0, 0.05) is 17.2 Å². The third-order valence-electron chi connectivity index (χ3n) is 3.97. The number of nitrogen functional groups attached to an aromatic ring is 1. The number of hydrazine groups is 1. The van der Waals surface area contributed by atoms with Crippen molar-refractivity contribution in [3.8, 4) is 0 Å². The van der Waals surface area contributed by atoms with Crippen molar-refractivity contribution in [1.29, 1.82) is 0 Å². The van der Waals surface area contributed by atoms with E-state index in [1.165, 1.54) is 12.3 Å². The SMILES string of the molecule is NNc1ncc(Br)cc1S(=O)(=O)N1CCOC2CCCC21. The summed E-state index contributed by atoms with van der Waals surface area (Å²) in [5.74, 6) is 5.55. The molecule has 7 nitrogen and oxygen atoms in total. The van der Waals surface area contributed by atoms with Crippen LogP contribution < -0.4 is 11.3 Å². The average molecular weight is 377 g/mol. The number of pyridine rings is 1. The van der Waals surface area contributed by atoms with Crippen molar-refractivity contribution in [3.05, 3.63) is 16.7 Å². The van der Waals surface area contributed by atoms with Gasteiger partial charge in [0.2, 0.25) is 10.0 Å². The number of aromatic nitrogens is 1. The molecule has 3 rings (SSSR count). The molecule has 1 aliphatic carbocycles. The molecule has 1 aromatic rings. The molecule has 2 heterocycles. The Kier molecular flexibility index (Phi) is 4.19. The standard InChI is InChI=1S/C12H17BrN4O3S/c13-8-6-11(12(16-14)15-7-8)21(18,19)17-4-5-20-10-3-1-2-9(10)17/h6-7,9-10H,1-5,14H2,(H,15,16). The van der Waals surface area contributed by atoms with Gasteiger partial charge in [-0.3, -0.25) is 0 Å². The van der Waals surface area contributed by atoms with E-state index < -0.39 is 10.0 Å². The van der Waals surface area contributed by atoms with Crippen LogP contribution in [0.1, 0.15) is 19.3 Å². The molecule has 1 saturated carbocycles. The number of morpholine rings is 1. The predicted octanol–water partition coefficient (Wildman–Crippen LogP) is 1.07. The Labute approximate surface area is 132 Å². The van der Waals surface area contributed by atoms with Crippen LogP contribution in [0.3, 0.4) is 0 Å². The van der Waals surface area contributed by atoms with Crippen molar-refractivity contribution in [2.75, 3.05) is 18.6 Å². The van der Waals surface area contributed by atoms with E-state index in [-0.39, 0.29) is 22.9 Å². The topological polar surface area (TPSA) is 97.5 Å². The number of halogens is 1. The van der Waals surface area contributed by atoms with Crippen LogP contribution in [0.25, 0.3) is 0 Å². The molecule has 0 aromatic carbocycles. The van der Waals surface area contributed by atoms with Crippen LogP contribution in [0.5, 0.6) is 0 Å². The van der Waals surface area contributed by atoms with E-state index in [9.17, 15) is 8.42 Å². The number of fused-ring (bicyclic) bond motifs is 1. The Hall–Kier alpha value is -0.740. The summed E-state index contributed by atoms with van der Waals surface area (Å²) in [6, 6.07) is 1.44. The third kappa shape index (κ3) is 2.68. The summed E-state index contributed by atoms with van der Waals surface area (Å²) in [7, 11) is -3.66. The van der Waals surface area contributed by atoms with Crippen LogP contribution in [0, 0.1) is 0 Å². The van der Waals surface area contributed by atoms with Gasteiger partial charge >= 0.3 is 0 Å². The van der Waals surface area contributed by atoms with Crippen molar-refractivity contribution in [2.45, 2.75) is 36.3 Å². The molecule has 0 amide bonds. The fraction of sp³-hybridized carbons (Fsp3) is 0.583. The lowest BCUT2D eigenvalue weighted by molar-refractivity contribution is -0.0241. The number of nitrogens with one attached hydrogen (secondary N) is 1. The van der Waals surface area contributed by atoms with Gasteiger partial charge < -0.3 is 10.2 Å². The smallest absolute Gasteiger partial charge is 0.247 e. The van der Waals surface area contributed by atoms with E-state index >= 15 is 0 Å². The number of nitrogens with two attached hydrogens (primary N) is 1. The molecule has 1 aliphatic heterocycles. The minimum atomic E-state index is -3.66. The molecule has 2 unspecified atom stereocenters. The highest BCUT2D eigenvalue weighted by atomic mass is 79.9. The summed E-state index contributed by atoms with van der Waals surface area (Å²) in [5.41, 5.74) is 2.36. The molecule has 21 heavy (non-hydrogen) atoms. The molecule has 0 spiro atoms. The molecule has 9 heteroatoms. The minimum absolute atomic E-state index is 0.00271. The first-order chi connectivity index (χ1) is 10.0. The summed E-state index contributed by atoms with van der Waals surface area (Å²) in [6.07, 6.45) is 4.24. The van der Waals surface area contributed by atoms with Crippen LogP contribution in [0.15, 0.2) is 21.6 Å². The van der Waals surface area contributed by atoms with Crippen molar-refractivity contribution in [1.82, 2.24) is 9.29 Å². The van der Waals surface area contributed by atoms with E-state index in [0.717, 1.165) is 19.3 Å². The number of nitrogens with zero attached hydrogens (tertiary/aromatic N) is 2. The summed E-state index contributed by atoms with van der Waals surface area (Å²) in [4.78, 5) is 4.11. The highest BCUT2D eigenvalue weighted by Gasteiger charge is 2.43. The van der Waals surface area contributed by atoms with Gasteiger partial charge in [0.25, 0.3) is 0 Å². The monoisotopic (exact) mass is 376 g/mol. The first-order valence-corrected chi connectivity index (χ1v) is 9.03. The summed E-state index contributed by atoms with van der Waals surface area (Å²) in [5, 5.41) is 0. The fourth-order valence-electron chi connectivity index (χ4n) is 3.04. The Bertz CT molecular complexity index is 639. The van der Waals surface area contributed by atoms with E-state index in [2.05, 4.69) is 26.3 Å². The van der Waals surface area contributed by atoms with Crippen LogP contribution in [-0.2, 0) is 14.8 Å². The summed E-state index contributed by atoms with van der Waals surface area (Å²) in [6.45, 7) is 0.785. The summed E-state index contributed by atoms with van der Waals surface area (Å²) >= 11 is 3.26. The maximum atomic E-state index is 13.0. The quantitative estimate of drug-likeness (QED) is 0.604. The number of sulfonamides is 1. The van der Waals surface area contributed by atoms with E-state index in [1.54, 1.807) is 4.31 Å². The number of rotatable bonds is 3. The van der Waals surface area contributed by atoms with E-state index in [0.29, 0.717) is 17.6 Å². The van der Waals surface area contributed by atoms with E-state index in [4.69, 9.17) is 10.6 Å². The molecule has 2 fully saturated rings. The second-order valence-corrected chi connectivity index (χ2v) is 7.94. The van der Waals surface area contributed by atoms with Crippen LogP contribution in [0.4, 0.5) is 5.82 Å². The second kappa shape index (κ2) is 5.81. The molecule has 3 N–H and O–H groups in total. The molecular formula is C12H17BrN4O3S. The highest BCUT2D eigenvalue weighted by molar-refractivity contribution is 9.10. The number of hydrogen-bond donors (Lipinski definition) is 2. The zero-order valence-electron chi connectivity index (χ0n) is 11.3. The molecule has 1 aromatic heterocycles. The molecule has 2 atom stereocenters. The van der Waals surface area contributed by atoms with Crippen molar-refractivity contribution >= 4 is 31.8 Å². The number of ether oxygens (including phenoxy) is 1. The van der Waals surface area contributed by atoms with Crippen LogP contribution in [-0.4, -0.2) is 43.0 Å². The molecule has 1 saturated heterocycles. The Morgan fingerprint density at radius 1 is 1.48 bits per heavy atom. The molecule has 0 radical (unpaired) electrons. The van der Waals surface area contributed by atoms with Crippen molar-refractivity contribution < 1.29 is 13.2 Å². The maximum absolute atomic E-state index is 13.0. The largest absolute Gasteiger partial charge is 0.375 e. The lowest BCUT2D eigenvalue weighted by atomic mass is 10.2. The van der Waals surface area contributed by atoms with Gasteiger partial charge in [-0.15, -0.1) is 0 Å². The maximum Gasteiger partial charge on any atom is 0.247 e. The molecule has 2 aliphatic rings. The molecular weight excluding hydrogens is 360 g/mol. The lowest BCUT2D eigenvalue weighted by Gasteiger charge is -2.36. The second-order valence-electron chi connectivity index (χ2n) is 5.17. The predicted molar refractivity (Wildman–Crippen MR) is 81.0 cm³/mol. The van der Waals surface area contributed by atoms with Gasteiger partial charge in [-0.2, -0.15) is 4.31 Å². The Morgan fingerprint density at radius 3 is 3.05 bits per heavy atom. The van der Waals surface area contributed by atoms with Gasteiger partial charge in [-0.25, -0.2) is 19.2 Å². The Balaban J connectivity index is 2.02.